The van der Waals surface area contributed by atoms with Crippen LogP contribution in [-0.4, -0.2) is 39.3 Å². The molecular weight excluding hydrogens is 440 g/mol. The summed E-state index contributed by atoms with van der Waals surface area (Å²) in [5.74, 6) is 0.747. The van der Waals surface area contributed by atoms with E-state index in [1.807, 2.05) is 47.2 Å². The van der Waals surface area contributed by atoms with Crippen molar-refractivity contribution in [3.05, 3.63) is 66.7 Å². The maximum absolute atomic E-state index is 13.6. The Hall–Kier alpha value is -2.84. The molecule has 2 heterocycles. The molecule has 2 aromatic carbocycles. The zero-order valence-corrected chi connectivity index (χ0v) is 20.0. The summed E-state index contributed by atoms with van der Waals surface area (Å²) in [6.45, 7) is 5.65. The van der Waals surface area contributed by atoms with Gasteiger partial charge in [0.2, 0.25) is 0 Å². The molecule has 0 aliphatic rings. The van der Waals surface area contributed by atoms with Gasteiger partial charge in [-0.05, 0) is 42.8 Å². The van der Waals surface area contributed by atoms with Crippen molar-refractivity contribution < 1.29 is 9.53 Å². The molecule has 0 unspecified atom stereocenters. The molecule has 0 bridgehead atoms. The van der Waals surface area contributed by atoms with E-state index in [0.717, 1.165) is 33.8 Å². The molecule has 0 saturated carbocycles. The second-order valence-corrected chi connectivity index (χ2v) is 10.3. The molecule has 2 aromatic heterocycles. The average Bonchev–Trinajstić information content (AvgIpc) is 3.45. The monoisotopic (exact) mass is 466 g/mol. The van der Waals surface area contributed by atoms with E-state index in [0.29, 0.717) is 22.5 Å². The Bertz CT molecular complexity index is 1190. The molecule has 8 heteroatoms. The summed E-state index contributed by atoms with van der Waals surface area (Å²) in [5.41, 5.74) is 1.54. The summed E-state index contributed by atoms with van der Waals surface area (Å²) in [5, 5.41) is 1.15. The maximum atomic E-state index is 13.6. The minimum atomic E-state index is -0.0344. The molecule has 166 valence electrons. The van der Waals surface area contributed by atoms with Crippen LogP contribution in [0.5, 0.6) is 5.75 Å². The van der Waals surface area contributed by atoms with Crippen molar-refractivity contribution in [3.63, 3.8) is 0 Å². The Morgan fingerprint density at radius 2 is 2.12 bits per heavy atom. The van der Waals surface area contributed by atoms with Crippen LogP contribution in [0.2, 0.25) is 0 Å². The number of methoxy groups -OCH3 is 1. The predicted octanol–water partition coefficient (Wildman–Crippen LogP) is 5.74. The molecule has 4 rings (SSSR count). The smallest absolute Gasteiger partial charge is 0.260 e. The predicted molar refractivity (Wildman–Crippen MR) is 132 cm³/mol. The lowest BCUT2D eigenvalue weighted by molar-refractivity contribution is 0.0986. The van der Waals surface area contributed by atoms with Crippen molar-refractivity contribution >= 4 is 44.4 Å². The summed E-state index contributed by atoms with van der Waals surface area (Å²) in [4.78, 5) is 25.4. The number of thioether (sulfide) groups is 1. The lowest BCUT2D eigenvalue weighted by Crippen LogP contribution is -2.32. The lowest BCUT2D eigenvalue weighted by atomic mass is 10.2. The molecule has 1 amide bonds. The minimum absolute atomic E-state index is 0.0344. The van der Waals surface area contributed by atoms with Gasteiger partial charge in [-0.15, -0.1) is 11.8 Å². The number of fused-ring (bicyclic) bond motifs is 1. The number of aryl methyl sites for hydroxylation is 1. The first-order valence-corrected chi connectivity index (χ1v) is 12.2. The number of nitrogens with zero attached hydrogens (tertiary/aromatic N) is 4. The highest BCUT2D eigenvalue weighted by Crippen LogP contribution is 2.33. The average molecular weight is 467 g/mol. The normalized spacial score (nSPS) is 11.2. The van der Waals surface area contributed by atoms with E-state index in [-0.39, 0.29) is 5.91 Å². The Morgan fingerprint density at radius 3 is 2.88 bits per heavy atom. The van der Waals surface area contributed by atoms with E-state index >= 15 is 0 Å². The maximum Gasteiger partial charge on any atom is 0.260 e. The van der Waals surface area contributed by atoms with E-state index in [1.54, 1.807) is 36.3 Å². The molecule has 0 aliphatic heterocycles. The van der Waals surface area contributed by atoms with Crippen molar-refractivity contribution in [2.24, 2.45) is 0 Å². The van der Waals surface area contributed by atoms with E-state index in [1.165, 1.54) is 11.3 Å². The SMILES string of the molecule is COc1ccc2nc(N(CCCn3ccnc3)C(=O)c3cccc(SC(C)C)c3)sc2c1. The van der Waals surface area contributed by atoms with Crippen molar-refractivity contribution in [1.82, 2.24) is 14.5 Å². The highest BCUT2D eigenvalue weighted by Gasteiger charge is 2.22. The molecule has 0 atom stereocenters. The van der Waals surface area contributed by atoms with E-state index in [2.05, 4.69) is 24.9 Å². The van der Waals surface area contributed by atoms with Gasteiger partial charge in [-0.1, -0.05) is 31.3 Å². The molecule has 32 heavy (non-hydrogen) atoms. The highest BCUT2D eigenvalue weighted by atomic mass is 32.2. The third-order valence-electron chi connectivity index (χ3n) is 4.87. The molecule has 0 spiro atoms. The first-order valence-electron chi connectivity index (χ1n) is 10.5. The standard InChI is InChI=1S/C24H26N4O2S2/c1-17(2)31-20-7-4-6-18(14-20)23(29)28(12-5-11-27-13-10-25-16-27)24-26-21-9-8-19(30-3)15-22(21)32-24/h4,6-10,13-17H,5,11-12H2,1-3H3. The molecule has 0 radical (unpaired) electrons. The Balaban J connectivity index is 1.63. The Labute approximate surface area is 196 Å². The van der Waals surface area contributed by atoms with Crippen LogP contribution in [-0.2, 0) is 6.54 Å². The zero-order valence-electron chi connectivity index (χ0n) is 18.4. The van der Waals surface area contributed by atoms with Gasteiger partial charge >= 0.3 is 0 Å². The quantitative estimate of drug-likeness (QED) is 0.294. The summed E-state index contributed by atoms with van der Waals surface area (Å²) >= 11 is 3.26. The van der Waals surface area contributed by atoms with Crippen molar-refractivity contribution in [2.45, 2.75) is 37.0 Å². The summed E-state index contributed by atoms with van der Waals surface area (Å²) in [6.07, 6.45) is 6.29. The van der Waals surface area contributed by atoms with Crippen LogP contribution >= 0.6 is 23.1 Å². The fourth-order valence-corrected chi connectivity index (χ4v) is 5.29. The number of thiazole rings is 1. The summed E-state index contributed by atoms with van der Waals surface area (Å²) in [7, 11) is 1.65. The summed E-state index contributed by atoms with van der Waals surface area (Å²) in [6, 6.07) is 13.6. The minimum Gasteiger partial charge on any atom is -0.497 e. The molecule has 0 saturated heterocycles. The Morgan fingerprint density at radius 1 is 1.25 bits per heavy atom. The number of carbonyl (C=O) groups is 1. The zero-order chi connectivity index (χ0) is 22.5. The first-order chi connectivity index (χ1) is 15.5. The summed E-state index contributed by atoms with van der Waals surface area (Å²) < 4.78 is 8.36. The largest absolute Gasteiger partial charge is 0.497 e. The van der Waals surface area contributed by atoms with Crippen LogP contribution in [0.25, 0.3) is 10.2 Å². The molecule has 0 N–H and O–H groups in total. The van der Waals surface area contributed by atoms with Crippen LogP contribution in [0.15, 0.2) is 66.1 Å². The number of imidazole rings is 1. The number of hydrogen-bond acceptors (Lipinski definition) is 6. The third kappa shape index (κ3) is 5.31. The van der Waals surface area contributed by atoms with Crippen LogP contribution in [0.1, 0.15) is 30.6 Å². The van der Waals surface area contributed by atoms with Gasteiger partial charge in [-0.3, -0.25) is 9.69 Å². The van der Waals surface area contributed by atoms with Gasteiger partial charge < -0.3 is 9.30 Å². The number of benzene rings is 2. The Kier molecular flexibility index (Phi) is 7.12. The van der Waals surface area contributed by atoms with Crippen molar-refractivity contribution in [2.75, 3.05) is 18.6 Å². The fraction of sp³-hybridized carbons (Fsp3) is 0.292. The van der Waals surface area contributed by atoms with Crippen LogP contribution in [0.3, 0.4) is 0 Å². The topological polar surface area (TPSA) is 60.2 Å². The van der Waals surface area contributed by atoms with Gasteiger partial charge in [-0.2, -0.15) is 0 Å². The van der Waals surface area contributed by atoms with Crippen LogP contribution in [0.4, 0.5) is 5.13 Å². The van der Waals surface area contributed by atoms with Gasteiger partial charge in [0.05, 0.1) is 23.7 Å². The second-order valence-electron chi connectivity index (χ2n) is 7.64. The first kappa shape index (κ1) is 22.4. The molecule has 0 aliphatic carbocycles. The number of ether oxygens (including phenoxy) is 1. The van der Waals surface area contributed by atoms with Crippen molar-refractivity contribution in [3.8, 4) is 5.75 Å². The number of rotatable bonds is 9. The molecule has 4 aromatic rings. The van der Waals surface area contributed by atoms with Gasteiger partial charge in [0.1, 0.15) is 5.75 Å². The molecule has 0 fully saturated rings. The van der Waals surface area contributed by atoms with Gasteiger partial charge in [0.15, 0.2) is 5.13 Å². The van der Waals surface area contributed by atoms with E-state index in [9.17, 15) is 4.79 Å². The van der Waals surface area contributed by atoms with E-state index in [4.69, 9.17) is 9.72 Å². The number of amides is 1. The number of anilines is 1. The van der Waals surface area contributed by atoms with Gasteiger partial charge in [0, 0.05) is 41.2 Å². The third-order valence-corrected chi connectivity index (χ3v) is 6.91. The number of hydrogen-bond donors (Lipinski definition) is 0. The van der Waals surface area contributed by atoms with Crippen LogP contribution in [0, 0.1) is 0 Å². The highest BCUT2D eigenvalue weighted by molar-refractivity contribution is 7.99. The molecular formula is C24H26N4O2S2. The van der Waals surface area contributed by atoms with Gasteiger partial charge in [-0.25, -0.2) is 9.97 Å². The van der Waals surface area contributed by atoms with E-state index < -0.39 is 0 Å². The fourth-order valence-electron chi connectivity index (χ4n) is 3.38. The van der Waals surface area contributed by atoms with Gasteiger partial charge in [0.25, 0.3) is 5.91 Å². The van der Waals surface area contributed by atoms with Crippen LogP contribution < -0.4 is 9.64 Å². The lowest BCUT2D eigenvalue weighted by Gasteiger charge is -2.20. The molecule has 6 nitrogen and oxygen atoms in total. The second kappa shape index (κ2) is 10.2. The number of aromatic nitrogens is 3. The number of carbonyl (C=O) groups excluding carboxylic acids is 1. The van der Waals surface area contributed by atoms with Crippen molar-refractivity contribution in [1.29, 1.82) is 0 Å².